The number of nitrogens with zero attached hydrogens (tertiary/aromatic N) is 6. The van der Waals surface area contributed by atoms with E-state index in [4.69, 9.17) is 15.7 Å². The molecule has 0 radical (unpaired) electrons. The molecule has 2 aliphatic rings. The van der Waals surface area contributed by atoms with Crippen LogP contribution in [0.3, 0.4) is 0 Å². The van der Waals surface area contributed by atoms with Crippen molar-refractivity contribution < 1.29 is 4.52 Å². The Morgan fingerprint density at radius 1 is 1.20 bits per heavy atom. The first-order valence-electron chi connectivity index (χ1n) is 10.1. The summed E-state index contributed by atoms with van der Waals surface area (Å²) in [6.45, 7) is 1.51. The number of benzene rings is 1. The number of aromatic nitrogens is 5. The normalized spacial score (nSPS) is 18.4. The number of nitrogens with one attached hydrogen (secondary N) is 1. The molecule has 3 N–H and O–H groups in total. The van der Waals surface area contributed by atoms with E-state index in [-0.39, 0.29) is 24.4 Å². The zero-order valence-corrected chi connectivity index (χ0v) is 17.4. The maximum atomic E-state index is 7.68. The molecule has 1 aromatic carbocycles. The maximum Gasteiger partial charge on any atom is 0.229 e. The average Bonchev–Trinajstić information content (AvgIpc) is 3.09. The van der Waals surface area contributed by atoms with Gasteiger partial charge >= 0.3 is 0 Å². The predicted molar refractivity (Wildman–Crippen MR) is 113 cm³/mol. The monoisotopic (exact) mass is 428 g/mol. The second kappa shape index (κ2) is 8.43. The van der Waals surface area contributed by atoms with Gasteiger partial charge < -0.3 is 15.2 Å². The molecule has 3 aromatic rings. The third-order valence-corrected chi connectivity index (χ3v) is 5.67. The first-order chi connectivity index (χ1) is 14.2. The smallest absolute Gasteiger partial charge is 0.229 e. The van der Waals surface area contributed by atoms with E-state index in [0.717, 1.165) is 36.2 Å². The van der Waals surface area contributed by atoms with Crippen LogP contribution in [0.5, 0.6) is 0 Å². The molecule has 1 atom stereocenters. The molecule has 0 amide bonds. The van der Waals surface area contributed by atoms with Crippen molar-refractivity contribution in [3.05, 3.63) is 47.6 Å². The van der Waals surface area contributed by atoms with E-state index >= 15 is 0 Å². The molecule has 2 fully saturated rings. The SMILES string of the molecule is Cl.N=C(N)N1CCC[C@H]1Cc1nc(-c2ccc(Cn3cc(C4CC4)nn3)cc2)no1. The van der Waals surface area contributed by atoms with Crippen LogP contribution in [-0.4, -0.2) is 48.6 Å². The number of likely N-dealkylation sites (tertiary alicyclic amines) is 1. The van der Waals surface area contributed by atoms with Gasteiger partial charge in [-0.3, -0.25) is 5.41 Å². The summed E-state index contributed by atoms with van der Waals surface area (Å²) in [5.74, 6) is 1.89. The van der Waals surface area contributed by atoms with E-state index in [9.17, 15) is 0 Å². The standard InChI is InChI=1S/C20H24N8O.ClH/c21-20(22)28-9-1-2-16(28)10-18-23-19(25-29-18)15-5-3-13(4-6-15)11-27-12-17(24-26-27)14-7-8-14;/h3-6,12,14,16H,1-2,7-11H2,(H3,21,22);1H/t16-;/m0./s1. The van der Waals surface area contributed by atoms with Gasteiger partial charge in [-0.15, -0.1) is 17.5 Å². The largest absolute Gasteiger partial charge is 0.370 e. The van der Waals surface area contributed by atoms with Gasteiger partial charge in [0.05, 0.1) is 12.2 Å². The molecule has 30 heavy (non-hydrogen) atoms. The average molecular weight is 429 g/mol. The Morgan fingerprint density at radius 2 is 2.00 bits per heavy atom. The van der Waals surface area contributed by atoms with E-state index < -0.39 is 0 Å². The summed E-state index contributed by atoms with van der Waals surface area (Å²) in [6.07, 6.45) is 7.13. The number of nitrogens with two attached hydrogens (primary N) is 1. The Labute approximate surface area is 180 Å². The van der Waals surface area contributed by atoms with Crippen LogP contribution in [0.15, 0.2) is 35.0 Å². The summed E-state index contributed by atoms with van der Waals surface area (Å²) >= 11 is 0. The molecular formula is C20H25ClN8O. The van der Waals surface area contributed by atoms with Gasteiger partial charge in [-0.2, -0.15) is 4.98 Å². The van der Waals surface area contributed by atoms with Crippen LogP contribution in [0.25, 0.3) is 11.4 Å². The molecule has 0 unspecified atom stereocenters. The lowest BCUT2D eigenvalue weighted by Crippen LogP contribution is -2.41. The van der Waals surface area contributed by atoms with E-state index in [1.54, 1.807) is 0 Å². The highest BCUT2D eigenvalue weighted by Crippen LogP contribution is 2.38. The molecular weight excluding hydrogens is 404 g/mol. The number of hydrogen-bond donors (Lipinski definition) is 2. The fraction of sp³-hybridized carbons (Fsp3) is 0.450. The lowest BCUT2D eigenvalue weighted by molar-refractivity contribution is 0.320. The first kappa shape index (κ1) is 20.3. The number of halogens is 1. The highest BCUT2D eigenvalue weighted by molar-refractivity contribution is 5.85. The minimum atomic E-state index is 0. The number of guanidine groups is 1. The van der Waals surface area contributed by atoms with Crippen LogP contribution in [0.1, 0.15) is 48.7 Å². The van der Waals surface area contributed by atoms with Crippen molar-refractivity contribution in [2.75, 3.05) is 6.54 Å². The summed E-state index contributed by atoms with van der Waals surface area (Å²) in [5.41, 5.74) is 8.82. The van der Waals surface area contributed by atoms with Gasteiger partial charge in [-0.25, -0.2) is 4.68 Å². The maximum absolute atomic E-state index is 7.68. The molecule has 0 bridgehead atoms. The van der Waals surface area contributed by atoms with Crippen LogP contribution < -0.4 is 5.73 Å². The summed E-state index contributed by atoms with van der Waals surface area (Å²) in [7, 11) is 0. The van der Waals surface area contributed by atoms with Gasteiger partial charge in [0.15, 0.2) is 5.96 Å². The molecule has 158 valence electrons. The third-order valence-electron chi connectivity index (χ3n) is 5.67. The van der Waals surface area contributed by atoms with Gasteiger partial charge in [0, 0.05) is 36.7 Å². The Balaban J connectivity index is 0.00000218. The van der Waals surface area contributed by atoms with Crippen LogP contribution >= 0.6 is 12.4 Å². The van der Waals surface area contributed by atoms with Crippen molar-refractivity contribution in [1.82, 2.24) is 30.0 Å². The van der Waals surface area contributed by atoms with Gasteiger partial charge in [-0.05, 0) is 31.2 Å². The van der Waals surface area contributed by atoms with Crippen molar-refractivity contribution in [2.24, 2.45) is 5.73 Å². The second-order valence-electron chi connectivity index (χ2n) is 7.90. The van der Waals surface area contributed by atoms with Crippen molar-refractivity contribution >= 4 is 18.4 Å². The van der Waals surface area contributed by atoms with Crippen LogP contribution in [-0.2, 0) is 13.0 Å². The van der Waals surface area contributed by atoms with Crippen molar-refractivity contribution in [3.8, 4) is 11.4 Å². The molecule has 9 nitrogen and oxygen atoms in total. The predicted octanol–water partition coefficient (Wildman–Crippen LogP) is 2.58. The summed E-state index contributed by atoms with van der Waals surface area (Å²) in [5, 5.41) is 20.3. The van der Waals surface area contributed by atoms with Gasteiger partial charge in [0.1, 0.15) is 0 Å². The van der Waals surface area contributed by atoms with E-state index in [2.05, 4.69) is 32.6 Å². The fourth-order valence-corrected chi connectivity index (χ4v) is 3.92. The molecule has 3 heterocycles. The van der Waals surface area contributed by atoms with Crippen LogP contribution in [0, 0.1) is 5.41 Å². The summed E-state index contributed by atoms with van der Waals surface area (Å²) < 4.78 is 7.33. The summed E-state index contributed by atoms with van der Waals surface area (Å²) in [6, 6.07) is 8.27. The highest BCUT2D eigenvalue weighted by Gasteiger charge is 2.28. The fourth-order valence-electron chi connectivity index (χ4n) is 3.92. The second-order valence-corrected chi connectivity index (χ2v) is 7.90. The Morgan fingerprint density at radius 3 is 2.73 bits per heavy atom. The molecule has 0 spiro atoms. The Hall–Kier alpha value is -2.94. The minimum Gasteiger partial charge on any atom is -0.370 e. The quantitative estimate of drug-likeness (QED) is 0.456. The topological polar surface area (TPSA) is 123 Å². The van der Waals surface area contributed by atoms with Crippen molar-refractivity contribution in [1.29, 1.82) is 5.41 Å². The third kappa shape index (κ3) is 4.30. The van der Waals surface area contributed by atoms with Crippen molar-refractivity contribution in [2.45, 2.75) is 50.6 Å². The Kier molecular flexibility index (Phi) is 5.72. The van der Waals surface area contributed by atoms with E-state index in [0.29, 0.717) is 30.6 Å². The van der Waals surface area contributed by atoms with Gasteiger partial charge in [0.25, 0.3) is 0 Å². The molecule has 1 saturated heterocycles. The molecule has 1 saturated carbocycles. The lowest BCUT2D eigenvalue weighted by Gasteiger charge is -2.23. The zero-order valence-electron chi connectivity index (χ0n) is 16.6. The molecule has 2 aromatic heterocycles. The highest BCUT2D eigenvalue weighted by atomic mass is 35.5. The molecule has 1 aliphatic carbocycles. The molecule has 5 rings (SSSR count). The molecule has 1 aliphatic heterocycles. The zero-order chi connectivity index (χ0) is 19.8. The first-order valence-corrected chi connectivity index (χ1v) is 10.1. The van der Waals surface area contributed by atoms with Gasteiger partial charge in [-0.1, -0.05) is 34.6 Å². The number of rotatable bonds is 6. The van der Waals surface area contributed by atoms with E-state index in [1.165, 1.54) is 12.8 Å². The van der Waals surface area contributed by atoms with E-state index in [1.807, 2.05) is 27.9 Å². The summed E-state index contributed by atoms with van der Waals surface area (Å²) in [4.78, 5) is 6.44. The Bertz CT molecular complexity index is 1010. The number of hydrogen-bond acceptors (Lipinski definition) is 6. The minimum absolute atomic E-state index is 0. The van der Waals surface area contributed by atoms with Crippen LogP contribution in [0.4, 0.5) is 0 Å². The van der Waals surface area contributed by atoms with Crippen LogP contribution in [0.2, 0.25) is 0 Å². The van der Waals surface area contributed by atoms with Crippen molar-refractivity contribution in [3.63, 3.8) is 0 Å². The lowest BCUT2D eigenvalue weighted by atomic mass is 10.1. The molecule has 10 heteroatoms. The van der Waals surface area contributed by atoms with Gasteiger partial charge in [0.2, 0.25) is 11.7 Å².